The Morgan fingerprint density at radius 2 is 2.33 bits per heavy atom. The summed E-state index contributed by atoms with van der Waals surface area (Å²) < 4.78 is 6.92. The van der Waals surface area contributed by atoms with Gasteiger partial charge in [0.2, 0.25) is 5.91 Å². The van der Waals surface area contributed by atoms with Crippen molar-refractivity contribution in [1.29, 1.82) is 0 Å². The van der Waals surface area contributed by atoms with Gasteiger partial charge in [0, 0.05) is 25.4 Å². The molecule has 1 fully saturated rings. The van der Waals surface area contributed by atoms with Crippen molar-refractivity contribution in [2.75, 3.05) is 13.2 Å². The zero-order valence-electron chi connectivity index (χ0n) is 11.3. The van der Waals surface area contributed by atoms with Gasteiger partial charge in [-0.1, -0.05) is 6.07 Å². The van der Waals surface area contributed by atoms with Crippen molar-refractivity contribution in [1.82, 2.24) is 14.7 Å². The van der Waals surface area contributed by atoms with Crippen molar-refractivity contribution in [2.45, 2.75) is 18.4 Å². The van der Waals surface area contributed by atoms with Gasteiger partial charge in [-0.25, -0.2) is 9.78 Å². The average Bonchev–Trinajstić information content (AvgIpc) is 3.05. The molecule has 2 aromatic heterocycles. The van der Waals surface area contributed by atoms with E-state index in [-0.39, 0.29) is 25.4 Å². The van der Waals surface area contributed by atoms with Gasteiger partial charge in [-0.2, -0.15) is 0 Å². The van der Waals surface area contributed by atoms with Crippen LogP contribution >= 0.6 is 0 Å². The first-order valence-electron chi connectivity index (χ1n) is 6.64. The molecule has 3 heterocycles. The highest BCUT2D eigenvalue weighted by Crippen LogP contribution is 2.19. The van der Waals surface area contributed by atoms with Crippen LogP contribution in [0.25, 0.3) is 5.65 Å². The Balaban J connectivity index is 1.72. The highest BCUT2D eigenvalue weighted by atomic mass is 16.5. The van der Waals surface area contributed by atoms with Crippen molar-refractivity contribution in [3.63, 3.8) is 0 Å². The maximum atomic E-state index is 12.1. The fraction of sp³-hybridized carbons (Fsp3) is 0.357. The molecule has 7 nitrogen and oxygen atoms in total. The van der Waals surface area contributed by atoms with E-state index in [0.717, 1.165) is 5.65 Å². The smallest absolute Gasteiger partial charge is 0.331 e. The minimum absolute atomic E-state index is 0.000755. The lowest BCUT2D eigenvalue weighted by atomic mass is 9.99. The average molecular weight is 289 g/mol. The van der Waals surface area contributed by atoms with E-state index in [0.29, 0.717) is 12.3 Å². The number of aromatic nitrogens is 2. The Labute approximate surface area is 120 Å². The number of carbonyl (C=O) groups is 2. The number of nitrogens with one attached hydrogen (secondary N) is 1. The fourth-order valence-electron chi connectivity index (χ4n) is 2.43. The Kier molecular flexibility index (Phi) is 3.34. The number of hydrogen-bond acceptors (Lipinski definition) is 4. The lowest BCUT2D eigenvalue weighted by Crippen LogP contribution is -2.55. The molecule has 0 saturated carbocycles. The van der Waals surface area contributed by atoms with Crippen LogP contribution in [-0.4, -0.2) is 45.1 Å². The molecule has 1 amide bonds. The zero-order chi connectivity index (χ0) is 14.9. The number of imidazole rings is 1. The van der Waals surface area contributed by atoms with E-state index < -0.39 is 11.5 Å². The number of rotatable bonds is 4. The Morgan fingerprint density at radius 3 is 3.00 bits per heavy atom. The molecule has 0 aliphatic carbocycles. The van der Waals surface area contributed by atoms with Gasteiger partial charge >= 0.3 is 5.97 Å². The number of nitrogens with zero attached hydrogens (tertiary/aromatic N) is 2. The van der Waals surface area contributed by atoms with E-state index in [1.807, 2.05) is 28.8 Å². The van der Waals surface area contributed by atoms with Crippen LogP contribution in [-0.2, 0) is 20.7 Å². The standard InChI is InChI=1S/C14H15N3O4/c18-12(16-14(13(19)20)4-6-21-9-14)7-10-8-17-5-2-1-3-11(17)15-10/h1-3,5,8H,4,6-7,9H2,(H,16,18)(H,19,20). The molecule has 1 aliphatic rings. The molecule has 1 atom stereocenters. The molecule has 21 heavy (non-hydrogen) atoms. The summed E-state index contributed by atoms with van der Waals surface area (Å²) in [6.07, 6.45) is 3.91. The lowest BCUT2D eigenvalue weighted by Gasteiger charge is -2.23. The molecule has 1 aliphatic heterocycles. The second-order valence-electron chi connectivity index (χ2n) is 5.11. The van der Waals surface area contributed by atoms with E-state index in [1.54, 1.807) is 6.20 Å². The Morgan fingerprint density at radius 1 is 1.48 bits per heavy atom. The van der Waals surface area contributed by atoms with Crippen molar-refractivity contribution < 1.29 is 19.4 Å². The molecule has 0 aromatic carbocycles. The van der Waals surface area contributed by atoms with Crippen molar-refractivity contribution in [2.24, 2.45) is 0 Å². The number of pyridine rings is 1. The van der Waals surface area contributed by atoms with Gasteiger partial charge in [-0.3, -0.25) is 4.79 Å². The van der Waals surface area contributed by atoms with Crippen molar-refractivity contribution in [3.8, 4) is 0 Å². The summed E-state index contributed by atoms with van der Waals surface area (Å²) in [4.78, 5) is 27.7. The van der Waals surface area contributed by atoms with E-state index in [1.165, 1.54) is 0 Å². The zero-order valence-corrected chi connectivity index (χ0v) is 11.3. The summed E-state index contributed by atoms with van der Waals surface area (Å²) in [5.74, 6) is -1.44. The number of carboxylic acids is 1. The van der Waals surface area contributed by atoms with Gasteiger partial charge in [0.15, 0.2) is 5.54 Å². The normalized spacial score (nSPS) is 21.5. The van der Waals surface area contributed by atoms with E-state index in [9.17, 15) is 14.7 Å². The van der Waals surface area contributed by atoms with Gasteiger partial charge in [0.05, 0.1) is 18.7 Å². The minimum atomic E-state index is -1.31. The molecule has 1 saturated heterocycles. The van der Waals surface area contributed by atoms with Gasteiger partial charge in [0.25, 0.3) is 0 Å². The first-order valence-corrected chi connectivity index (χ1v) is 6.64. The van der Waals surface area contributed by atoms with Gasteiger partial charge in [-0.05, 0) is 12.1 Å². The van der Waals surface area contributed by atoms with Crippen LogP contribution in [0.2, 0.25) is 0 Å². The van der Waals surface area contributed by atoms with E-state index >= 15 is 0 Å². The summed E-state index contributed by atoms with van der Waals surface area (Å²) in [5.41, 5.74) is 0.0339. The number of hydrogen-bond donors (Lipinski definition) is 2. The molecule has 2 N–H and O–H groups in total. The number of amides is 1. The third-order valence-corrected chi connectivity index (χ3v) is 3.57. The summed E-state index contributed by atoms with van der Waals surface area (Å²) in [7, 11) is 0. The molecular formula is C14H15N3O4. The minimum Gasteiger partial charge on any atom is -0.479 e. The lowest BCUT2D eigenvalue weighted by molar-refractivity contribution is -0.147. The molecule has 1 unspecified atom stereocenters. The number of carbonyl (C=O) groups excluding carboxylic acids is 1. The number of aliphatic carboxylic acids is 1. The largest absolute Gasteiger partial charge is 0.479 e. The molecule has 3 rings (SSSR count). The predicted octanol–water partition coefficient (Wildman–Crippen LogP) is 0.237. The number of ether oxygens (including phenoxy) is 1. The van der Waals surface area contributed by atoms with Gasteiger partial charge < -0.3 is 19.6 Å². The first kappa shape index (κ1) is 13.6. The molecule has 110 valence electrons. The highest BCUT2D eigenvalue weighted by Gasteiger charge is 2.43. The SMILES string of the molecule is O=C(Cc1cn2ccccc2n1)NC1(C(=O)O)CCOC1. The summed E-state index contributed by atoms with van der Waals surface area (Å²) >= 11 is 0. The topological polar surface area (TPSA) is 92.9 Å². The Bertz CT molecular complexity index is 655. The number of carboxylic acid groups (broad SMARTS) is 1. The van der Waals surface area contributed by atoms with E-state index in [2.05, 4.69) is 10.3 Å². The van der Waals surface area contributed by atoms with Crippen molar-refractivity contribution in [3.05, 3.63) is 36.3 Å². The third-order valence-electron chi connectivity index (χ3n) is 3.57. The quantitative estimate of drug-likeness (QED) is 0.841. The molecule has 0 bridgehead atoms. The first-order chi connectivity index (χ1) is 10.1. The summed E-state index contributed by atoms with van der Waals surface area (Å²) in [6, 6.07) is 5.57. The van der Waals surface area contributed by atoms with Gasteiger partial charge in [0.1, 0.15) is 5.65 Å². The predicted molar refractivity (Wildman–Crippen MR) is 72.8 cm³/mol. The van der Waals surface area contributed by atoms with Crippen LogP contribution in [0.4, 0.5) is 0 Å². The van der Waals surface area contributed by atoms with Crippen LogP contribution in [0.5, 0.6) is 0 Å². The molecule has 0 spiro atoms. The third kappa shape index (κ3) is 2.59. The van der Waals surface area contributed by atoms with Crippen LogP contribution in [0.1, 0.15) is 12.1 Å². The summed E-state index contributed by atoms with van der Waals surface area (Å²) in [5, 5.41) is 11.9. The summed E-state index contributed by atoms with van der Waals surface area (Å²) in [6.45, 7) is 0.334. The molecular weight excluding hydrogens is 274 g/mol. The highest BCUT2D eigenvalue weighted by molar-refractivity contribution is 5.88. The maximum Gasteiger partial charge on any atom is 0.331 e. The fourth-order valence-corrected chi connectivity index (χ4v) is 2.43. The second-order valence-corrected chi connectivity index (χ2v) is 5.11. The Hall–Kier alpha value is -2.41. The second kappa shape index (κ2) is 5.17. The number of fused-ring (bicyclic) bond motifs is 1. The van der Waals surface area contributed by atoms with E-state index in [4.69, 9.17) is 4.74 Å². The van der Waals surface area contributed by atoms with Crippen molar-refractivity contribution >= 4 is 17.5 Å². The monoisotopic (exact) mass is 289 g/mol. The molecule has 0 radical (unpaired) electrons. The molecule has 2 aromatic rings. The van der Waals surface area contributed by atoms with Crippen LogP contribution in [0, 0.1) is 0 Å². The van der Waals surface area contributed by atoms with Crippen LogP contribution in [0.15, 0.2) is 30.6 Å². The van der Waals surface area contributed by atoms with Crippen LogP contribution in [0.3, 0.4) is 0 Å². The van der Waals surface area contributed by atoms with Gasteiger partial charge in [-0.15, -0.1) is 0 Å². The maximum absolute atomic E-state index is 12.1. The molecule has 7 heteroatoms. The van der Waals surface area contributed by atoms with Crippen LogP contribution < -0.4 is 5.32 Å².